The molecule has 0 aliphatic heterocycles. The van der Waals surface area contributed by atoms with Crippen LogP contribution < -0.4 is 10.8 Å². The number of rotatable bonds is 13. The van der Waals surface area contributed by atoms with Crippen LogP contribution in [0.15, 0.2) is 12.7 Å². The van der Waals surface area contributed by atoms with Crippen molar-refractivity contribution in [3.63, 3.8) is 0 Å². The predicted octanol–water partition coefficient (Wildman–Crippen LogP) is 3.17. The predicted molar refractivity (Wildman–Crippen MR) is 140 cm³/mol. The fourth-order valence-corrected chi connectivity index (χ4v) is 6.24. The van der Waals surface area contributed by atoms with Crippen molar-refractivity contribution in [2.24, 2.45) is 0 Å². The number of imidazole rings is 1. The number of ether oxygens (including phenoxy) is 3. The quantitative estimate of drug-likeness (QED) is 0.274. The largest absolute Gasteiger partial charge is 0.462 e. The molecule has 1 aliphatic carbocycles. The third kappa shape index (κ3) is 7.95. The van der Waals surface area contributed by atoms with Crippen LogP contribution in [0.5, 0.6) is 0 Å². The molecule has 3 atom stereocenters. The minimum absolute atomic E-state index is 0.169. The Morgan fingerprint density at radius 2 is 1.87 bits per heavy atom. The van der Waals surface area contributed by atoms with Gasteiger partial charge in [-0.05, 0) is 67.2 Å². The molecule has 212 valence electrons. The Hall–Kier alpha value is -2.60. The van der Waals surface area contributed by atoms with Gasteiger partial charge in [-0.3, -0.25) is 9.36 Å². The van der Waals surface area contributed by atoms with Gasteiger partial charge in [0, 0.05) is 0 Å². The lowest BCUT2D eigenvalue weighted by molar-refractivity contribution is -0.156. The summed E-state index contributed by atoms with van der Waals surface area (Å²) in [7, 11) is -3.94. The zero-order chi connectivity index (χ0) is 28.1. The first-order chi connectivity index (χ1) is 17.8. The number of nitrogens with two attached hydrogens (primary N) is 1. The van der Waals surface area contributed by atoms with E-state index in [1.165, 1.54) is 27.1 Å². The lowest BCUT2D eigenvalue weighted by Crippen LogP contribution is -2.48. The number of anilines is 1. The number of hydrogen-bond acceptors (Lipinski definition) is 11. The molecule has 14 heteroatoms. The summed E-state index contributed by atoms with van der Waals surface area (Å²) in [6.07, 6.45) is 3.90. The summed E-state index contributed by atoms with van der Waals surface area (Å²) in [6, 6.07) is 0. The summed E-state index contributed by atoms with van der Waals surface area (Å²) in [6.45, 7) is 10.0. The molecule has 2 heterocycles. The van der Waals surface area contributed by atoms with E-state index in [4.69, 9.17) is 24.5 Å². The van der Waals surface area contributed by atoms with E-state index in [2.05, 4.69) is 20.0 Å². The van der Waals surface area contributed by atoms with Gasteiger partial charge >= 0.3 is 11.9 Å². The number of esters is 2. The highest BCUT2D eigenvalue weighted by Crippen LogP contribution is 2.46. The number of hydrogen-bond donors (Lipinski definition) is 2. The van der Waals surface area contributed by atoms with Crippen LogP contribution in [0.25, 0.3) is 11.2 Å². The van der Waals surface area contributed by atoms with Crippen molar-refractivity contribution >= 4 is 36.4 Å². The van der Waals surface area contributed by atoms with Gasteiger partial charge in [0.1, 0.15) is 29.8 Å². The van der Waals surface area contributed by atoms with Crippen molar-refractivity contribution in [2.75, 3.05) is 12.1 Å². The summed E-state index contributed by atoms with van der Waals surface area (Å²) in [5, 5.41) is 2.78. The molecule has 0 unspecified atom stereocenters. The maximum Gasteiger partial charge on any atom is 0.335 e. The number of nitrogens with one attached hydrogen (secondary N) is 1. The number of carbonyl (C=O) groups excluding carboxylic acids is 2. The minimum Gasteiger partial charge on any atom is -0.462 e. The van der Waals surface area contributed by atoms with Gasteiger partial charge in [0.2, 0.25) is 0 Å². The molecule has 0 radical (unpaired) electrons. The van der Waals surface area contributed by atoms with E-state index >= 15 is 0 Å². The fraction of sp³-hybridized carbons (Fsp3) is 0.708. The molecule has 13 nitrogen and oxygen atoms in total. The molecule has 3 N–H and O–H groups in total. The van der Waals surface area contributed by atoms with E-state index in [1.807, 2.05) is 0 Å². The Morgan fingerprint density at radius 1 is 1.18 bits per heavy atom. The molecule has 0 saturated heterocycles. The Balaban J connectivity index is 1.71. The van der Waals surface area contributed by atoms with Gasteiger partial charge in [0.05, 0.1) is 25.1 Å². The number of aromatic nitrogens is 4. The normalized spacial score (nSPS) is 17.9. The van der Waals surface area contributed by atoms with Gasteiger partial charge in [-0.2, -0.15) is 0 Å². The topological polar surface area (TPSA) is 170 Å². The molecule has 2 aromatic heterocycles. The molecule has 0 bridgehead atoms. The van der Waals surface area contributed by atoms with E-state index in [0.29, 0.717) is 17.7 Å². The first-order valence-electron chi connectivity index (χ1n) is 12.8. The molecule has 0 amide bonds. The van der Waals surface area contributed by atoms with Gasteiger partial charge in [0.15, 0.2) is 17.6 Å². The molecule has 2 aromatic rings. The number of fused-ring (bicyclic) bond motifs is 1. The Kier molecular flexibility index (Phi) is 9.85. The van der Waals surface area contributed by atoms with Gasteiger partial charge in [-0.1, -0.05) is 0 Å². The third-order valence-electron chi connectivity index (χ3n) is 5.96. The van der Waals surface area contributed by atoms with Gasteiger partial charge < -0.3 is 29.0 Å². The summed E-state index contributed by atoms with van der Waals surface area (Å²) in [5.74, 6) is -0.970. The maximum absolute atomic E-state index is 14.0. The van der Waals surface area contributed by atoms with Crippen LogP contribution in [0.2, 0.25) is 0 Å². The molecule has 0 aromatic carbocycles. The third-order valence-corrected chi connectivity index (χ3v) is 8.01. The Morgan fingerprint density at radius 3 is 2.53 bits per heavy atom. The van der Waals surface area contributed by atoms with Crippen molar-refractivity contribution in [1.82, 2.24) is 24.6 Å². The Labute approximate surface area is 222 Å². The van der Waals surface area contributed by atoms with Gasteiger partial charge in [-0.25, -0.2) is 24.8 Å². The van der Waals surface area contributed by atoms with Crippen LogP contribution >= 0.6 is 7.52 Å². The number of nitrogen functional groups attached to an aromatic ring is 1. The highest BCUT2D eigenvalue weighted by Gasteiger charge is 2.41. The van der Waals surface area contributed by atoms with Gasteiger partial charge in [-0.15, -0.1) is 0 Å². The number of carbonyl (C=O) groups is 2. The zero-order valence-electron chi connectivity index (χ0n) is 22.9. The summed E-state index contributed by atoms with van der Waals surface area (Å²) in [5.41, 5.74) is 5.47. The second kappa shape index (κ2) is 12.5. The maximum atomic E-state index is 14.0. The average molecular weight is 555 g/mol. The van der Waals surface area contributed by atoms with E-state index in [-0.39, 0.29) is 18.0 Å². The highest BCUT2D eigenvalue weighted by atomic mass is 31.2. The van der Waals surface area contributed by atoms with Crippen molar-refractivity contribution < 1.29 is 32.9 Å². The SMILES string of the molecule is CC(C)OC(=O)C(C)(C)N[P@@](=O)(CO[C@H](C)Cn1cnc2c(N)ncnc21)O[C@@H](C)C(=O)OC1CCCC1. The monoisotopic (exact) mass is 554 g/mol. The van der Waals surface area contributed by atoms with Crippen molar-refractivity contribution in [3.8, 4) is 0 Å². The molecule has 38 heavy (non-hydrogen) atoms. The summed E-state index contributed by atoms with van der Waals surface area (Å²) in [4.78, 5) is 37.7. The molecule has 1 fully saturated rings. The van der Waals surface area contributed by atoms with Crippen LogP contribution in [0, 0.1) is 0 Å². The molecular formula is C24H39N6O7P. The molecular weight excluding hydrogens is 515 g/mol. The summed E-state index contributed by atoms with van der Waals surface area (Å²) < 4.78 is 38.2. The fourth-order valence-electron chi connectivity index (χ4n) is 4.07. The lowest BCUT2D eigenvalue weighted by Gasteiger charge is -2.32. The van der Waals surface area contributed by atoms with Crippen LogP contribution in [0.4, 0.5) is 5.82 Å². The minimum atomic E-state index is -3.94. The standard InChI is InChI=1S/C24H39N6O7P/c1-15(2)35-23(32)24(5,6)29-38(33,37-17(4)22(31)36-18-9-7-8-10-18)14-34-16(3)11-30-13-28-19-20(25)26-12-27-21(19)30/h12-13,15-18H,7-11,14H2,1-6H3,(H,29,33)(H2,25,26,27)/t16-,17+,38-/m1/s1. The first kappa shape index (κ1) is 29.9. The van der Waals surface area contributed by atoms with Crippen LogP contribution in [0.1, 0.15) is 67.2 Å². The molecule has 1 saturated carbocycles. The van der Waals surface area contributed by atoms with E-state index in [9.17, 15) is 14.2 Å². The first-order valence-corrected chi connectivity index (χ1v) is 14.6. The van der Waals surface area contributed by atoms with Crippen LogP contribution in [-0.4, -0.2) is 67.8 Å². The molecule has 0 spiro atoms. The van der Waals surface area contributed by atoms with Crippen molar-refractivity contribution in [1.29, 1.82) is 0 Å². The van der Waals surface area contributed by atoms with Crippen molar-refractivity contribution in [2.45, 2.75) is 104 Å². The van der Waals surface area contributed by atoms with Crippen molar-refractivity contribution in [3.05, 3.63) is 12.7 Å². The average Bonchev–Trinajstić information content (AvgIpc) is 3.48. The van der Waals surface area contributed by atoms with E-state index in [0.717, 1.165) is 25.7 Å². The number of nitrogens with zero attached hydrogens (tertiary/aromatic N) is 4. The smallest absolute Gasteiger partial charge is 0.335 e. The highest BCUT2D eigenvalue weighted by molar-refractivity contribution is 7.56. The van der Waals surface area contributed by atoms with E-state index in [1.54, 1.807) is 31.7 Å². The second-order valence-corrected chi connectivity index (χ2v) is 12.4. The van der Waals surface area contributed by atoms with Crippen LogP contribution in [0.3, 0.4) is 0 Å². The van der Waals surface area contributed by atoms with E-state index < -0.39 is 43.6 Å². The Bertz CT molecular complexity index is 1160. The zero-order valence-corrected chi connectivity index (χ0v) is 23.8. The molecule has 3 rings (SSSR count). The lowest BCUT2D eigenvalue weighted by atomic mass is 10.1. The van der Waals surface area contributed by atoms with Gasteiger partial charge in [0.25, 0.3) is 7.52 Å². The summed E-state index contributed by atoms with van der Waals surface area (Å²) >= 11 is 0. The second-order valence-electron chi connectivity index (χ2n) is 10.4. The van der Waals surface area contributed by atoms with Crippen LogP contribution in [-0.2, 0) is 39.4 Å². The molecule has 1 aliphatic rings.